The molecule has 0 spiro atoms. The number of fused-ring (bicyclic) bond motifs is 1. The monoisotopic (exact) mass is 317 g/mol. The quantitative estimate of drug-likeness (QED) is 0.712. The van der Waals surface area contributed by atoms with E-state index in [0.29, 0.717) is 0 Å². The molecule has 0 heterocycles. The Kier molecular flexibility index (Phi) is 5.51. The second-order valence-electron chi connectivity index (χ2n) is 5.48. The van der Waals surface area contributed by atoms with Crippen LogP contribution in [0.15, 0.2) is 30.3 Å². The summed E-state index contributed by atoms with van der Waals surface area (Å²) in [6.07, 6.45) is 3.40. The molecular weight excluding hydrogens is 298 g/mol. The maximum atomic E-state index is 11.7. The zero-order valence-corrected chi connectivity index (χ0v) is 12.6. The first-order chi connectivity index (χ1) is 11.0. The van der Waals surface area contributed by atoms with E-state index in [1.165, 1.54) is 5.56 Å². The highest BCUT2D eigenvalue weighted by atomic mass is 16.4. The Labute approximate surface area is 133 Å². The number of carboxylic acids is 2. The molecule has 1 aliphatic carbocycles. The number of hydrogen-bond acceptors (Lipinski definition) is 3. The van der Waals surface area contributed by atoms with Crippen LogP contribution in [-0.2, 0) is 20.8 Å². The molecule has 0 fully saturated rings. The van der Waals surface area contributed by atoms with Crippen molar-refractivity contribution < 1.29 is 24.6 Å². The van der Waals surface area contributed by atoms with E-state index in [-0.39, 0.29) is 19.3 Å². The van der Waals surface area contributed by atoms with Crippen molar-refractivity contribution in [1.82, 2.24) is 5.32 Å². The molecule has 122 valence electrons. The lowest BCUT2D eigenvalue weighted by molar-refractivity contribution is -0.142. The molecule has 1 aromatic rings. The molecule has 1 unspecified atom stereocenters. The maximum Gasteiger partial charge on any atom is 0.326 e. The van der Waals surface area contributed by atoms with E-state index in [2.05, 4.69) is 5.32 Å². The van der Waals surface area contributed by atoms with Gasteiger partial charge in [0.05, 0.1) is 6.42 Å². The Morgan fingerprint density at radius 3 is 2.57 bits per heavy atom. The summed E-state index contributed by atoms with van der Waals surface area (Å²) < 4.78 is 0. The topological polar surface area (TPSA) is 104 Å². The van der Waals surface area contributed by atoms with Crippen molar-refractivity contribution in [1.29, 1.82) is 0 Å². The third kappa shape index (κ3) is 4.67. The number of nitrogens with one attached hydrogen (secondary N) is 1. The number of benzene rings is 1. The van der Waals surface area contributed by atoms with E-state index in [1.807, 2.05) is 30.3 Å². The molecule has 3 N–H and O–H groups in total. The lowest BCUT2D eigenvalue weighted by atomic mass is 9.87. The third-order valence-corrected chi connectivity index (χ3v) is 3.79. The fourth-order valence-electron chi connectivity index (χ4n) is 2.66. The molecule has 0 bridgehead atoms. The second kappa shape index (κ2) is 7.58. The van der Waals surface area contributed by atoms with Gasteiger partial charge in [-0.25, -0.2) is 4.79 Å². The Morgan fingerprint density at radius 1 is 1.13 bits per heavy atom. The summed E-state index contributed by atoms with van der Waals surface area (Å²) in [6, 6.07) is 6.76. The van der Waals surface area contributed by atoms with E-state index in [9.17, 15) is 19.5 Å². The van der Waals surface area contributed by atoms with Crippen LogP contribution in [0.1, 0.15) is 36.8 Å². The molecule has 0 saturated carbocycles. The van der Waals surface area contributed by atoms with Crippen LogP contribution in [0.25, 0.3) is 5.57 Å². The number of carbonyl (C=O) groups excluding carboxylic acids is 1. The molecule has 6 heteroatoms. The van der Waals surface area contributed by atoms with Crippen LogP contribution in [0.3, 0.4) is 0 Å². The first kappa shape index (κ1) is 16.7. The number of rotatable bonds is 7. The first-order valence-corrected chi connectivity index (χ1v) is 7.48. The molecule has 0 aromatic heterocycles. The summed E-state index contributed by atoms with van der Waals surface area (Å²) in [5, 5.41) is 20.3. The van der Waals surface area contributed by atoms with Gasteiger partial charge in [-0.3, -0.25) is 9.59 Å². The maximum absolute atomic E-state index is 11.7. The summed E-state index contributed by atoms with van der Waals surface area (Å²) in [4.78, 5) is 33.6. The van der Waals surface area contributed by atoms with E-state index in [0.717, 1.165) is 24.0 Å². The van der Waals surface area contributed by atoms with Crippen LogP contribution in [-0.4, -0.2) is 34.1 Å². The normalized spacial score (nSPS) is 14.3. The molecular formula is C17H19NO5. The average Bonchev–Trinajstić information content (AvgIpc) is 2.52. The number of amides is 1. The van der Waals surface area contributed by atoms with Gasteiger partial charge in [-0.2, -0.15) is 0 Å². The minimum atomic E-state index is -1.13. The van der Waals surface area contributed by atoms with Crippen LogP contribution in [0, 0.1) is 0 Å². The molecule has 6 nitrogen and oxygen atoms in total. The standard InChI is InChI=1S/C17H19NO5/c19-15(8-9-16(20)21)18-14(17(22)23)10-12-6-3-5-11-4-1-2-7-13(11)12/h1-2,4,6-7,14H,3,5,8-10H2,(H,18,19)(H,20,21)(H,22,23). The van der Waals surface area contributed by atoms with E-state index in [4.69, 9.17) is 5.11 Å². The van der Waals surface area contributed by atoms with Gasteiger partial charge in [0.25, 0.3) is 0 Å². The lowest BCUT2D eigenvalue weighted by Gasteiger charge is -2.21. The Balaban J connectivity index is 2.05. The molecule has 0 saturated heterocycles. The predicted octanol–water partition coefficient (Wildman–Crippen LogP) is 1.84. The highest BCUT2D eigenvalue weighted by Crippen LogP contribution is 2.29. The summed E-state index contributed by atoms with van der Waals surface area (Å²) >= 11 is 0. The minimum Gasteiger partial charge on any atom is -0.481 e. The van der Waals surface area contributed by atoms with Crippen molar-refractivity contribution in [2.75, 3.05) is 0 Å². The van der Waals surface area contributed by atoms with Gasteiger partial charge in [-0.1, -0.05) is 30.3 Å². The highest BCUT2D eigenvalue weighted by Gasteiger charge is 2.24. The predicted molar refractivity (Wildman–Crippen MR) is 83.8 cm³/mol. The van der Waals surface area contributed by atoms with Crippen molar-refractivity contribution in [2.24, 2.45) is 0 Å². The number of carboxylic acid groups (broad SMARTS) is 2. The zero-order chi connectivity index (χ0) is 16.8. The van der Waals surface area contributed by atoms with E-state index < -0.39 is 23.9 Å². The van der Waals surface area contributed by atoms with Gasteiger partial charge in [-0.05, 0) is 29.5 Å². The molecule has 1 amide bonds. The zero-order valence-electron chi connectivity index (χ0n) is 12.6. The third-order valence-electron chi connectivity index (χ3n) is 3.79. The average molecular weight is 317 g/mol. The minimum absolute atomic E-state index is 0.186. The molecule has 0 aliphatic heterocycles. The van der Waals surface area contributed by atoms with Crippen molar-refractivity contribution in [2.45, 2.75) is 38.1 Å². The molecule has 2 rings (SSSR count). The molecule has 1 aromatic carbocycles. The summed E-state index contributed by atoms with van der Waals surface area (Å²) in [6.45, 7) is 0. The van der Waals surface area contributed by atoms with Gasteiger partial charge in [0, 0.05) is 12.8 Å². The van der Waals surface area contributed by atoms with Crippen LogP contribution in [0.4, 0.5) is 0 Å². The number of hydrogen-bond donors (Lipinski definition) is 3. The smallest absolute Gasteiger partial charge is 0.326 e. The molecule has 1 atom stereocenters. The van der Waals surface area contributed by atoms with Crippen molar-refractivity contribution in [3.8, 4) is 0 Å². The Bertz CT molecular complexity index is 650. The van der Waals surface area contributed by atoms with Crippen LogP contribution < -0.4 is 5.32 Å². The van der Waals surface area contributed by atoms with Crippen LogP contribution in [0.2, 0.25) is 0 Å². The van der Waals surface area contributed by atoms with E-state index in [1.54, 1.807) is 0 Å². The van der Waals surface area contributed by atoms with Crippen LogP contribution in [0.5, 0.6) is 0 Å². The number of aryl methyl sites for hydroxylation is 1. The summed E-state index contributed by atoms with van der Waals surface area (Å²) in [7, 11) is 0. The van der Waals surface area contributed by atoms with Gasteiger partial charge in [0.2, 0.25) is 5.91 Å². The van der Waals surface area contributed by atoms with Gasteiger partial charge in [-0.15, -0.1) is 0 Å². The summed E-state index contributed by atoms with van der Waals surface area (Å²) in [5.74, 6) is -2.78. The SMILES string of the molecule is O=C(O)CCC(=O)NC(CC1=CCCc2ccccc21)C(=O)O. The number of carbonyl (C=O) groups is 3. The van der Waals surface area contributed by atoms with Crippen molar-refractivity contribution in [3.63, 3.8) is 0 Å². The number of aliphatic carboxylic acids is 2. The van der Waals surface area contributed by atoms with Crippen molar-refractivity contribution in [3.05, 3.63) is 41.5 Å². The van der Waals surface area contributed by atoms with Gasteiger partial charge < -0.3 is 15.5 Å². The molecule has 1 aliphatic rings. The fraction of sp³-hybridized carbons (Fsp3) is 0.353. The Morgan fingerprint density at radius 2 is 1.87 bits per heavy atom. The highest BCUT2D eigenvalue weighted by molar-refractivity contribution is 5.87. The van der Waals surface area contributed by atoms with E-state index >= 15 is 0 Å². The molecule has 0 radical (unpaired) electrons. The van der Waals surface area contributed by atoms with Crippen LogP contribution >= 0.6 is 0 Å². The number of allylic oxidation sites excluding steroid dienone is 1. The molecule has 23 heavy (non-hydrogen) atoms. The fourth-order valence-corrected chi connectivity index (χ4v) is 2.66. The van der Waals surface area contributed by atoms with Gasteiger partial charge in [0.1, 0.15) is 6.04 Å². The lowest BCUT2D eigenvalue weighted by Crippen LogP contribution is -2.41. The first-order valence-electron chi connectivity index (χ1n) is 7.48. The Hall–Kier alpha value is -2.63. The largest absolute Gasteiger partial charge is 0.481 e. The van der Waals surface area contributed by atoms with Gasteiger partial charge in [0.15, 0.2) is 0 Å². The van der Waals surface area contributed by atoms with Gasteiger partial charge >= 0.3 is 11.9 Å². The van der Waals surface area contributed by atoms with Crippen molar-refractivity contribution >= 4 is 23.4 Å². The second-order valence-corrected chi connectivity index (χ2v) is 5.48. The summed E-state index contributed by atoms with van der Waals surface area (Å²) in [5.41, 5.74) is 3.09.